The zero-order valence-corrected chi connectivity index (χ0v) is 8.92. The van der Waals surface area contributed by atoms with Crippen molar-refractivity contribution in [3.05, 3.63) is 31.0 Å². The van der Waals surface area contributed by atoms with E-state index < -0.39 is 5.97 Å². The van der Waals surface area contributed by atoms with Crippen molar-refractivity contribution in [2.24, 2.45) is 11.3 Å². The Kier molecular flexibility index (Phi) is 4.96. The Bertz CT molecular complexity index is 257. The van der Waals surface area contributed by atoms with Crippen molar-refractivity contribution in [1.82, 2.24) is 0 Å². The summed E-state index contributed by atoms with van der Waals surface area (Å²) in [5, 5.41) is 8.66. The SMILES string of the molecule is C=C=CC(C)(C)CC(C=C)CC(=O)O. The summed E-state index contributed by atoms with van der Waals surface area (Å²) in [5.41, 5.74) is 2.66. The fourth-order valence-electron chi connectivity index (χ4n) is 1.47. The van der Waals surface area contributed by atoms with Crippen molar-refractivity contribution >= 4 is 5.97 Å². The van der Waals surface area contributed by atoms with E-state index in [1.807, 2.05) is 19.9 Å². The quantitative estimate of drug-likeness (QED) is 0.521. The molecule has 0 aromatic heterocycles. The lowest BCUT2D eigenvalue weighted by Crippen LogP contribution is -2.15. The number of hydrogen-bond acceptors (Lipinski definition) is 1. The Labute approximate surface area is 85.6 Å². The minimum absolute atomic E-state index is 0.00657. The predicted molar refractivity (Wildman–Crippen MR) is 58.0 cm³/mol. The summed E-state index contributed by atoms with van der Waals surface area (Å²) in [6.07, 6.45) is 4.46. The molecule has 0 amide bonds. The van der Waals surface area contributed by atoms with Crippen molar-refractivity contribution in [3.8, 4) is 0 Å². The number of allylic oxidation sites excluding steroid dienone is 2. The van der Waals surface area contributed by atoms with Crippen LogP contribution >= 0.6 is 0 Å². The maximum Gasteiger partial charge on any atom is 0.303 e. The third kappa shape index (κ3) is 5.39. The van der Waals surface area contributed by atoms with Gasteiger partial charge in [0.25, 0.3) is 0 Å². The van der Waals surface area contributed by atoms with Crippen molar-refractivity contribution in [2.45, 2.75) is 26.7 Å². The van der Waals surface area contributed by atoms with Crippen molar-refractivity contribution in [1.29, 1.82) is 0 Å². The molecule has 0 radical (unpaired) electrons. The Hall–Kier alpha value is -1.27. The second-order valence-electron chi connectivity index (χ2n) is 4.13. The minimum atomic E-state index is -0.784. The molecule has 0 saturated heterocycles. The lowest BCUT2D eigenvalue weighted by atomic mass is 9.81. The summed E-state index contributed by atoms with van der Waals surface area (Å²) < 4.78 is 0. The van der Waals surface area contributed by atoms with E-state index in [1.165, 1.54) is 0 Å². The monoisotopic (exact) mass is 194 g/mol. The van der Waals surface area contributed by atoms with Gasteiger partial charge in [-0.1, -0.05) is 26.5 Å². The number of carboxylic acids is 1. The molecule has 0 aliphatic rings. The van der Waals surface area contributed by atoms with E-state index in [1.54, 1.807) is 6.08 Å². The highest BCUT2D eigenvalue weighted by Crippen LogP contribution is 2.28. The molecule has 0 aromatic carbocycles. The molecule has 0 bridgehead atoms. The van der Waals surface area contributed by atoms with Crippen LogP contribution < -0.4 is 0 Å². The molecule has 0 fully saturated rings. The summed E-state index contributed by atoms with van der Waals surface area (Å²) in [6, 6.07) is 0. The molecule has 2 nitrogen and oxygen atoms in total. The molecule has 0 aliphatic heterocycles. The summed E-state index contributed by atoms with van der Waals surface area (Å²) in [6.45, 7) is 11.2. The first kappa shape index (κ1) is 12.7. The van der Waals surface area contributed by atoms with E-state index in [2.05, 4.69) is 18.9 Å². The first-order chi connectivity index (χ1) is 6.41. The Morgan fingerprint density at radius 1 is 1.64 bits per heavy atom. The van der Waals surface area contributed by atoms with E-state index in [0.717, 1.165) is 6.42 Å². The van der Waals surface area contributed by atoms with Gasteiger partial charge in [0.1, 0.15) is 0 Å². The van der Waals surface area contributed by atoms with Gasteiger partial charge in [-0.2, -0.15) is 0 Å². The zero-order valence-electron chi connectivity index (χ0n) is 8.92. The van der Waals surface area contributed by atoms with Gasteiger partial charge in [0.15, 0.2) is 0 Å². The molecule has 0 heterocycles. The fraction of sp³-hybridized carbons (Fsp3) is 0.500. The smallest absolute Gasteiger partial charge is 0.303 e. The molecule has 0 spiro atoms. The maximum atomic E-state index is 10.5. The summed E-state index contributed by atoms with van der Waals surface area (Å²) >= 11 is 0. The molecule has 0 aliphatic carbocycles. The predicted octanol–water partition coefficient (Wildman–Crippen LogP) is 3.02. The Morgan fingerprint density at radius 2 is 2.21 bits per heavy atom. The van der Waals surface area contributed by atoms with Gasteiger partial charge in [-0.3, -0.25) is 4.79 Å². The Balaban J connectivity index is 4.37. The van der Waals surface area contributed by atoms with Crippen LogP contribution in [-0.4, -0.2) is 11.1 Å². The molecule has 14 heavy (non-hydrogen) atoms. The standard InChI is InChI=1S/C12H18O2/c1-5-7-12(3,4)9-10(6-2)8-11(13)14/h6-7,10H,1-2,8-9H2,3-4H3,(H,13,14). The van der Waals surface area contributed by atoms with Crippen molar-refractivity contribution in [2.75, 3.05) is 0 Å². The molecule has 1 atom stereocenters. The molecule has 0 saturated carbocycles. The van der Waals surface area contributed by atoms with Crippen LogP contribution in [0.1, 0.15) is 26.7 Å². The average molecular weight is 194 g/mol. The number of carboxylic acid groups (broad SMARTS) is 1. The van der Waals surface area contributed by atoms with Gasteiger partial charge in [0.05, 0.1) is 6.42 Å². The normalized spacial score (nSPS) is 12.7. The zero-order chi connectivity index (χ0) is 11.2. The minimum Gasteiger partial charge on any atom is -0.481 e. The van der Waals surface area contributed by atoms with Gasteiger partial charge in [0.2, 0.25) is 0 Å². The van der Waals surface area contributed by atoms with Crippen LogP contribution in [-0.2, 0) is 4.79 Å². The van der Waals surface area contributed by atoms with E-state index in [0.29, 0.717) is 0 Å². The van der Waals surface area contributed by atoms with Gasteiger partial charge in [-0.05, 0) is 23.8 Å². The third-order valence-electron chi connectivity index (χ3n) is 2.05. The molecular formula is C12H18O2. The van der Waals surface area contributed by atoms with Gasteiger partial charge < -0.3 is 5.11 Å². The van der Waals surface area contributed by atoms with Crippen molar-refractivity contribution < 1.29 is 9.90 Å². The van der Waals surface area contributed by atoms with E-state index in [-0.39, 0.29) is 17.8 Å². The molecule has 0 aromatic rings. The second-order valence-corrected chi connectivity index (χ2v) is 4.13. The molecule has 78 valence electrons. The van der Waals surface area contributed by atoms with Gasteiger partial charge in [-0.15, -0.1) is 12.3 Å². The first-order valence-corrected chi connectivity index (χ1v) is 4.62. The topological polar surface area (TPSA) is 37.3 Å². The van der Waals surface area contributed by atoms with E-state index in [4.69, 9.17) is 5.11 Å². The lowest BCUT2D eigenvalue weighted by molar-refractivity contribution is -0.137. The number of hydrogen-bond donors (Lipinski definition) is 1. The van der Waals surface area contributed by atoms with E-state index in [9.17, 15) is 4.79 Å². The highest BCUT2D eigenvalue weighted by Gasteiger charge is 2.20. The molecule has 1 unspecified atom stereocenters. The van der Waals surface area contributed by atoms with Crippen LogP contribution in [0.15, 0.2) is 31.0 Å². The lowest BCUT2D eigenvalue weighted by Gasteiger charge is -2.23. The average Bonchev–Trinajstić information content (AvgIpc) is 2.01. The highest BCUT2D eigenvalue weighted by molar-refractivity contribution is 5.67. The fourth-order valence-corrected chi connectivity index (χ4v) is 1.47. The second kappa shape index (κ2) is 5.46. The summed E-state index contributed by atoms with van der Waals surface area (Å²) in [5.74, 6) is -0.777. The van der Waals surface area contributed by atoms with Crippen LogP contribution in [0.2, 0.25) is 0 Å². The van der Waals surface area contributed by atoms with Crippen LogP contribution in [0.3, 0.4) is 0 Å². The van der Waals surface area contributed by atoms with E-state index >= 15 is 0 Å². The number of aliphatic carboxylic acids is 1. The van der Waals surface area contributed by atoms with Gasteiger partial charge in [-0.25, -0.2) is 0 Å². The van der Waals surface area contributed by atoms with Crippen LogP contribution in [0, 0.1) is 11.3 Å². The molecular weight excluding hydrogens is 176 g/mol. The van der Waals surface area contributed by atoms with Gasteiger partial charge >= 0.3 is 5.97 Å². The van der Waals surface area contributed by atoms with Crippen LogP contribution in [0.4, 0.5) is 0 Å². The Morgan fingerprint density at radius 3 is 2.57 bits per heavy atom. The summed E-state index contributed by atoms with van der Waals surface area (Å²) in [7, 11) is 0. The molecule has 2 heteroatoms. The van der Waals surface area contributed by atoms with Crippen LogP contribution in [0.25, 0.3) is 0 Å². The summed E-state index contributed by atoms with van der Waals surface area (Å²) in [4.78, 5) is 10.5. The number of carbonyl (C=O) groups is 1. The first-order valence-electron chi connectivity index (χ1n) is 4.62. The largest absolute Gasteiger partial charge is 0.481 e. The molecule has 1 N–H and O–H groups in total. The maximum absolute atomic E-state index is 10.5. The van der Waals surface area contributed by atoms with Crippen molar-refractivity contribution in [3.63, 3.8) is 0 Å². The van der Waals surface area contributed by atoms with Gasteiger partial charge in [0, 0.05) is 0 Å². The number of rotatable bonds is 6. The highest BCUT2D eigenvalue weighted by atomic mass is 16.4. The third-order valence-corrected chi connectivity index (χ3v) is 2.05. The molecule has 0 rings (SSSR count). The van der Waals surface area contributed by atoms with Crippen LogP contribution in [0.5, 0.6) is 0 Å².